The van der Waals surface area contributed by atoms with Crippen molar-refractivity contribution in [3.63, 3.8) is 0 Å². The molecule has 0 atom stereocenters. The number of methoxy groups -OCH3 is 1. The molecule has 2 aromatic carbocycles. The standard InChI is InChI=1S/C15H16FNO/c1-11-3-6-13(9-15(11)16)17-10-12-4-7-14(18-2)8-5-12/h3-9,17H,10H2,1-2H3. The number of aryl methyl sites for hydroxylation is 1. The van der Waals surface area contributed by atoms with Gasteiger partial charge in [0.25, 0.3) is 0 Å². The molecule has 0 heterocycles. The zero-order chi connectivity index (χ0) is 13.0. The maximum atomic E-state index is 13.3. The monoisotopic (exact) mass is 245 g/mol. The van der Waals surface area contributed by atoms with Crippen LogP contribution in [0.5, 0.6) is 5.75 Å². The molecule has 0 unspecified atom stereocenters. The summed E-state index contributed by atoms with van der Waals surface area (Å²) in [5, 5.41) is 3.19. The molecule has 0 amide bonds. The highest BCUT2D eigenvalue weighted by Crippen LogP contribution is 2.16. The predicted molar refractivity (Wildman–Crippen MR) is 71.5 cm³/mol. The van der Waals surface area contributed by atoms with E-state index in [1.807, 2.05) is 30.3 Å². The van der Waals surface area contributed by atoms with Crippen LogP contribution in [0.1, 0.15) is 11.1 Å². The van der Waals surface area contributed by atoms with Gasteiger partial charge in [-0.25, -0.2) is 4.39 Å². The third-order valence-corrected chi connectivity index (χ3v) is 2.83. The fourth-order valence-corrected chi connectivity index (χ4v) is 1.65. The molecule has 0 radical (unpaired) electrons. The van der Waals surface area contributed by atoms with Crippen LogP contribution < -0.4 is 10.1 Å². The van der Waals surface area contributed by atoms with Crippen molar-refractivity contribution in [2.24, 2.45) is 0 Å². The van der Waals surface area contributed by atoms with Crippen LogP contribution in [0.3, 0.4) is 0 Å². The summed E-state index contributed by atoms with van der Waals surface area (Å²) in [7, 11) is 1.64. The molecule has 0 spiro atoms. The Balaban J connectivity index is 1.99. The molecule has 0 aliphatic rings. The number of benzene rings is 2. The van der Waals surface area contributed by atoms with Crippen molar-refractivity contribution in [1.29, 1.82) is 0 Å². The summed E-state index contributed by atoms with van der Waals surface area (Å²) in [6.07, 6.45) is 0. The van der Waals surface area contributed by atoms with Crippen molar-refractivity contribution >= 4 is 5.69 Å². The second-order valence-corrected chi connectivity index (χ2v) is 4.17. The first-order chi connectivity index (χ1) is 8.69. The van der Waals surface area contributed by atoms with Crippen LogP contribution in [-0.4, -0.2) is 7.11 Å². The largest absolute Gasteiger partial charge is 0.497 e. The first-order valence-electron chi connectivity index (χ1n) is 5.82. The quantitative estimate of drug-likeness (QED) is 0.885. The minimum Gasteiger partial charge on any atom is -0.497 e. The minimum absolute atomic E-state index is 0.185. The number of hydrogen-bond acceptors (Lipinski definition) is 2. The average Bonchev–Trinajstić information content (AvgIpc) is 2.41. The molecule has 2 nitrogen and oxygen atoms in total. The molecule has 0 bridgehead atoms. The first kappa shape index (κ1) is 12.4. The summed E-state index contributed by atoms with van der Waals surface area (Å²) in [6, 6.07) is 12.9. The molecular weight excluding hydrogens is 229 g/mol. The van der Waals surface area contributed by atoms with Crippen molar-refractivity contribution in [2.75, 3.05) is 12.4 Å². The number of hydrogen-bond donors (Lipinski definition) is 1. The van der Waals surface area contributed by atoms with Crippen molar-refractivity contribution in [1.82, 2.24) is 0 Å². The van der Waals surface area contributed by atoms with Gasteiger partial charge in [-0.3, -0.25) is 0 Å². The normalized spacial score (nSPS) is 10.2. The Morgan fingerprint density at radius 2 is 1.83 bits per heavy atom. The van der Waals surface area contributed by atoms with Gasteiger partial charge in [0.05, 0.1) is 7.11 Å². The third kappa shape index (κ3) is 3.00. The van der Waals surface area contributed by atoms with Crippen molar-refractivity contribution in [3.8, 4) is 5.75 Å². The maximum absolute atomic E-state index is 13.3. The van der Waals surface area contributed by atoms with E-state index in [-0.39, 0.29) is 5.82 Å². The first-order valence-corrected chi connectivity index (χ1v) is 5.82. The van der Waals surface area contributed by atoms with Crippen molar-refractivity contribution < 1.29 is 9.13 Å². The van der Waals surface area contributed by atoms with E-state index in [0.29, 0.717) is 12.1 Å². The molecule has 3 heteroatoms. The van der Waals surface area contributed by atoms with E-state index in [0.717, 1.165) is 17.0 Å². The molecule has 94 valence electrons. The summed E-state index contributed by atoms with van der Waals surface area (Å²) >= 11 is 0. The molecule has 0 saturated heterocycles. The highest BCUT2D eigenvalue weighted by atomic mass is 19.1. The van der Waals surface area contributed by atoms with Crippen LogP contribution >= 0.6 is 0 Å². The van der Waals surface area contributed by atoms with Gasteiger partial charge in [0, 0.05) is 12.2 Å². The lowest BCUT2D eigenvalue weighted by Crippen LogP contribution is -2.00. The summed E-state index contributed by atoms with van der Waals surface area (Å²) in [5.41, 5.74) is 2.57. The summed E-state index contributed by atoms with van der Waals surface area (Å²) < 4.78 is 18.4. The lowest BCUT2D eigenvalue weighted by atomic mass is 10.2. The second-order valence-electron chi connectivity index (χ2n) is 4.17. The lowest BCUT2D eigenvalue weighted by molar-refractivity contribution is 0.414. The third-order valence-electron chi connectivity index (χ3n) is 2.83. The number of nitrogens with one attached hydrogen (secondary N) is 1. The summed E-state index contributed by atoms with van der Waals surface area (Å²) in [6.45, 7) is 2.41. The number of ether oxygens (including phenoxy) is 1. The van der Waals surface area contributed by atoms with Gasteiger partial charge in [-0.05, 0) is 42.3 Å². The Labute approximate surface area is 106 Å². The Morgan fingerprint density at radius 3 is 2.44 bits per heavy atom. The van der Waals surface area contributed by atoms with E-state index in [1.54, 1.807) is 20.1 Å². The van der Waals surface area contributed by atoms with Crippen molar-refractivity contribution in [2.45, 2.75) is 13.5 Å². The molecule has 1 N–H and O–H groups in total. The second kappa shape index (κ2) is 5.54. The Kier molecular flexibility index (Phi) is 3.82. The topological polar surface area (TPSA) is 21.3 Å². The van der Waals surface area contributed by atoms with E-state index in [4.69, 9.17) is 4.74 Å². The van der Waals surface area contributed by atoms with Crippen LogP contribution in [0.15, 0.2) is 42.5 Å². The van der Waals surface area contributed by atoms with Crippen LogP contribution in [0.25, 0.3) is 0 Å². The zero-order valence-corrected chi connectivity index (χ0v) is 10.5. The Hall–Kier alpha value is -2.03. The van der Waals surface area contributed by atoms with E-state index in [2.05, 4.69) is 5.32 Å². The smallest absolute Gasteiger partial charge is 0.128 e. The molecule has 18 heavy (non-hydrogen) atoms. The van der Waals surface area contributed by atoms with E-state index in [9.17, 15) is 4.39 Å². The molecular formula is C15H16FNO. The lowest BCUT2D eigenvalue weighted by Gasteiger charge is -2.08. The molecule has 0 aromatic heterocycles. The number of anilines is 1. The average molecular weight is 245 g/mol. The molecule has 0 fully saturated rings. The minimum atomic E-state index is -0.185. The van der Waals surface area contributed by atoms with Gasteiger partial charge >= 0.3 is 0 Å². The Morgan fingerprint density at radius 1 is 1.11 bits per heavy atom. The zero-order valence-electron chi connectivity index (χ0n) is 10.5. The van der Waals surface area contributed by atoms with Gasteiger partial charge in [-0.1, -0.05) is 18.2 Å². The van der Waals surface area contributed by atoms with Crippen LogP contribution in [0.4, 0.5) is 10.1 Å². The molecule has 0 aliphatic carbocycles. The predicted octanol–water partition coefficient (Wildman–Crippen LogP) is 3.75. The van der Waals surface area contributed by atoms with Gasteiger partial charge in [0.15, 0.2) is 0 Å². The van der Waals surface area contributed by atoms with E-state index in [1.165, 1.54) is 6.07 Å². The van der Waals surface area contributed by atoms with E-state index < -0.39 is 0 Å². The molecule has 2 aromatic rings. The summed E-state index contributed by atoms with van der Waals surface area (Å²) in [4.78, 5) is 0. The summed E-state index contributed by atoms with van der Waals surface area (Å²) in [5.74, 6) is 0.648. The molecule has 0 aliphatic heterocycles. The SMILES string of the molecule is COc1ccc(CNc2ccc(C)c(F)c2)cc1. The molecule has 0 saturated carbocycles. The van der Waals surface area contributed by atoms with E-state index >= 15 is 0 Å². The van der Waals surface area contributed by atoms with Gasteiger partial charge in [-0.2, -0.15) is 0 Å². The fraction of sp³-hybridized carbons (Fsp3) is 0.200. The van der Waals surface area contributed by atoms with Gasteiger partial charge < -0.3 is 10.1 Å². The van der Waals surface area contributed by atoms with Crippen molar-refractivity contribution in [3.05, 3.63) is 59.4 Å². The number of rotatable bonds is 4. The van der Waals surface area contributed by atoms with Gasteiger partial charge in [0.1, 0.15) is 11.6 Å². The van der Waals surface area contributed by atoms with Crippen LogP contribution in [0.2, 0.25) is 0 Å². The highest BCUT2D eigenvalue weighted by Gasteiger charge is 1.99. The number of halogens is 1. The van der Waals surface area contributed by atoms with Gasteiger partial charge in [-0.15, -0.1) is 0 Å². The Bertz CT molecular complexity index is 523. The van der Waals surface area contributed by atoms with Crippen LogP contribution in [-0.2, 0) is 6.54 Å². The molecule has 2 rings (SSSR count). The fourth-order valence-electron chi connectivity index (χ4n) is 1.65. The van der Waals surface area contributed by atoms with Crippen LogP contribution in [0, 0.1) is 12.7 Å². The highest BCUT2D eigenvalue weighted by molar-refractivity contribution is 5.45. The van der Waals surface area contributed by atoms with Gasteiger partial charge in [0.2, 0.25) is 0 Å². The maximum Gasteiger partial charge on any atom is 0.128 e.